The number of hydrogen-bond donors (Lipinski definition) is 2. The van der Waals surface area contributed by atoms with Crippen LogP contribution in [0.3, 0.4) is 0 Å². The molecule has 2 aliphatic rings. The molecular formula is C21H29FN2O5. The highest BCUT2D eigenvalue weighted by molar-refractivity contribution is 6.27. The molecule has 29 heavy (non-hydrogen) atoms. The SMILES string of the molecule is O=C(CCC1CCCC1)N1CCN(Cc2cccc(F)c2)CC1.O=C(O)C(=O)O. The van der Waals surface area contributed by atoms with Crippen molar-refractivity contribution in [2.45, 2.75) is 45.1 Å². The number of rotatable bonds is 5. The second-order valence-electron chi connectivity index (χ2n) is 7.59. The number of nitrogens with zero attached hydrogens (tertiary/aromatic N) is 2. The van der Waals surface area contributed by atoms with Gasteiger partial charge in [-0.2, -0.15) is 0 Å². The first kappa shape index (κ1) is 22.8. The molecule has 1 saturated heterocycles. The molecule has 0 spiro atoms. The molecule has 1 heterocycles. The van der Waals surface area contributed by atoms with E-state index < -0.39 is 11.9 Å². The van der Waals surface area contributed by atoms with E-state index in [-0.39, 0.29) is 5.82 Å². The largest absolute Gasteiger partial charge is 0.473 e. The summed E-state index contributed by atoms with van der Waals surface area (Å²) in [6.07, 6.45) is 7.11. The molecule has 1 aromatic rings. The Morgan fingerprint density at radius 3 is 2.17 bits per heavy atom. The predicted molar refractivity (Wildman–Crippen MR) is 105 cm³/mol. The third-order valence-electron chi connectivity index (χ3n) is 5.44. The summed E-state index contributed by atoms with van der Waals surface area (Å²) in [6, 6.07) is 6.79. The average Bonchev–Trinajstić information content (AvgIpc) is 3.21. The summed E-state index contributed by atoms with van der Waals surface area (Å²) >= 11 is 0. The third kappa shape index (κ3) is 8.19. The average molecular weight is 408 g/mol. The van der Waals surface area contributed by atoms with Crippen molar-refractivity contribution in [1.29, 1.82) is 0 Å². The van der Waals surface area contributed by atoms with Gasteiger partial charge in [0.1, 0.15) is 5.82 Å². The van der Waals surface area contributed by atoms with Crippen LogP contribution in [0.4, 0.5) is 4.39 Å². The van der Waals surface area contributed by atoms with Gasteiger partial charge < -0.3 is 15.1 Å². The molecule has 0 unspecified atom stereocenters. The van der Waals surface area contributed by atoms with Crippen molar-refractivity contribution in [2.75, 3.05) is 26.2 Å². The molecule has 1 saturated carbocycles. The van der Waals surface area contributed by atoms with Crippen LogP contribution in [-0.4, -0.2) is 64.0 Å². The van der Waals surface area contributed by atoms with E-state index >= 15 is 0 Å². The Kier molecular flexibility index (Phi) is 9.05. The van der Waals surface area contributed by atoms with Gasteiger partial charge in [0, 0.05) is 39.1 Å². The van der Waals surface area contributed by atoms with Crippen LogP contribution in [0.25, 0.3) is 0 Å². The fourth-order valence-corrected chi connectivity index (χ4v) is 3.83. The lowest BCUT2D eigenvalue weighted by Crippen LogP contribution is -2.48. The van der Waals surface area contributed by atoms with E-state index in [1.54, 1.807) is 12.1 Å². The molecular weight excluding hydrogens is 379 g/mol. The lowest BCUT2D eigenvalue weighted by molar-refractivity contribution is -0.159. The van der Waals surface area contributed by atoms with Crippen LogP contribution in [0.5, 0.6) is 0 Å². The summed E-state index contributed by atoms with van der Waals surface area (Å²) in [5, 5.41) is 14.8. The molecule has 1 aromatic carbocycles. The molecule has 1 amide bonds. The van der Waals surface area contributed by atoms with E-state index in [4.69, 9.17) is 19.8 Å². The van der Waals surface area contributed by atoms with Crippen molar-refractivity contribution in [3.63, 3.8) is 0 Å². The summed E-state index contributed by atoms with van der Waals surface area (Å²) in [6.45, 7) is 4.14. The molecule has 0 atom stereocenters. The second-order valence-corrected chi connectivity index (χ2v) is 7.59. The number of benzene rings is 1. The van der Waals surface area contributed by atoms with E-state index in [2.05, 4.69) is 4.90 Å². The lowest BCUT2D eigenvalue weighted by Gasteiger charge is -2.35. The smallest absolute Gasteiger partial charge is 0.414 e. The summed E-state index contributed by atoms with van der Waals surface area (Å²) in [5.41, 5.74) is 1.01. The molecule has 2 N–H and O–H groups in total. The highest BCUT2D eigenvalue weighted by Gasteiger charge is 2.23. The first-order chi connectivity index (χ1) is 13.8. The molecule has 3 rings (SSSR count). The second kappa shape index (κ2) is 11.5. The molecule has 1 aliphatic heterocycles. The predicted octanol–water partition coefficient (Wildman–Crippen LogP) is 2.60. The van der Waals surface area contributed by atoms with Gasteiger partial charge in [0.15, 0.2) is 0 Å². The van der Waals surface area contributed by atoms with Crippen LogP contribution in [0, 0.1) is 11.7 Å². The van der Waals surface area contributed by atoms with Crippen molar-refractivity contribution in [3.8, 4) is 0 Å². The van der Waals surface area contributed by atoms with Gasteiger partial charge in [-0.3, -0.25) is 9.69 Å². The number of aliphatic carboxylic acids is 2. The zero-order valence-electron chi connectivity index (χ0n) is 16.6. The van der Waals surface area contributed by atoms with Crippen LogP contribution in [0.2, 0.25) is 0 Å². The minimum absolute atomic E-state index is 0.178. The molecule has 8 heteroatoms. The Hall–Kier alpha value is -2.48. The number of carbonyl (C=O) groups excluding carboxylic acids is 1. The Balaban J connectivity index is 0.000000438. The number of carboxylic acids is 2. The maximum Gasteiger partial charge on any atom is 0.414 e. The Bertz CT molecular complexity index is 686. The van der Waals surface area contributed by atoms with Crippen LogP contribution >= 0.6 is 0 Å². The van der Waals surface area contributed by atoms with Crippen LogP contribution in [0.1, 0.15) is 44.1 Å². The minimum Gasteiger partial charge on any atom is -0.473 e. The van der Waals surface area contributed by atoms with Crippen LogP contribution in [0.15, 0.2) is 24.3 Å². The van der Waals surface area contributed by atoms with Crippen molar-refractivity contribution in [1.82, 2.24) is 9.80 Å². The maximum atomic E-state index is 13.2. The summed E-state index contributed by atoms with van der Waals surface area (Å²) in [7, 11) is 0. The van der Waals surface area contributed by atoms with E-state index in [0.29, 0.717) is 12.3 Å². The number of amides is 1. The molecule has 0 radical (unpaired) electrons. The summed E-state index contributed by atoms with van der Waals surface area (Å²) in [4.78, 5) is 34.8. The van der Waals surface area contributed by atoms with E-state index in [0.717, 1.165) is 50.6 Å². The molecule has 1 aliphatic carbocycles. The van der Waals surface area contributed by atoms with Gasteiger partial charge in [0.25, 0.3) is 0 Å². The first-order valence-electron chi connectivity index (χ1n) is 10.1. The van der Waals surface area contributed by atoms with Crippen molar-refractivity contribution >= 4 is 17.8 Å². The fraction of sp³-hybridized carbons (Fsp3) is 0.571. The first-order valence-corrected chi connectivity index (χ1v) is 10.1. The number of hydrogen-bond acceptors (Lipinski definition) is 4. The minimum atomic E-state index is -1.82. The van der Waals surface area contributed by atoms with Crippen LogP contribution < -0.4 is 0 Å². The van der Waals surface area contributed by atoms with Gasteiger partial charge >= 0.3 is 11.9 Å². The van der Waals surface area contributed by atoms with Gasteiger partial charge in [-0.05, 0) is 30.0 Å². The van der Waals surface area contributed by atoms with E-state index in [1.165, 1.54) is 31.7 Å². The summed E-state index contributed by atoms with van der Waals surface area (Å²) < 4.78 is 13.2. The third-order valence-corrected chi connectivity index (χ3v) is 5.44. The number of halogens is 1. The van der Waals surface area contributed by atoms with Crippen LogP contribution in [-0.2, 0) is 20.9 Å². The number of piperazine rings is 1. The van der Waals surface area contributed by atoms with Gasteiger partial charge in [-0.1, -0.05) is 37.8 Å². The highest BCUT2D eigenvalue weighted by atomic mass is 19.1. The Labute approximate surface area is 170 Å². The Morgan fingerprint density at radius 1 is 1.00 bits per heavy atom. The Morgan fingerprint density at radius 2 is 1.62 bits per heavy atom. The number of carboxylic acid groups (broad SMARTS) is 2. The number of carbonyl (C=O) groups is 3. The molecule has 2 fully saturated rings. The molecule has 0 aromatic heterocycles. The standard InChI is InChI=1S/C19H27FN2O.C2H2O4/c20-18-7-3-6-17(14-18)15-21-10-12-22(13-11-21)19(23)9-8-16-4-1-2-5-16;3-1(4)2(5)6/h3,6-7,14,16H,1-2,4-5,8-13,15H2;(H,3,4)(H,5,6). The zero-order chi connectivity index (χ0) is 21.2. The molecule has 160 valence electrons. The monoisotopic (exact) mass is 408 g/mol. The maximum absolute atomic E-state index is 13.2. The zero-order valence-corrected chi connectivity index (χ0v) is 16.6. The van der Waals surface area contributed by atoms with Gasteiger partial charge in [0.2, 0.25) is 5.91 Å². The van der Waals surface area contributed by atoms with Crippen molar-refractivity contribution in [3.05, 3.63) is 35.6 Å². The topological polar surface area (TPSA) is 98.2 Å². The van der Waals surface area contributed by atoms with E-state index in [9.17, 15) is 9.18 Å². The molecule has 0 bridgehead atoms. The normalized spacial score (nSPS) is 17.5. The summed E-state index contributed by atoms with van der Waals surface area (Å²) in [5.74, 6) is -2.72. The van der Waals surface area contributed by atoms with Crippen molar-refractivity contribution < 1.29 is 29.0 Å². The van der Waals surface area contributed by atoms with Gasteiger partial charge in [-0.25, -0.2) is 14.0 Å². The quantitative estimate of drug-likeness (QED) is 0.727. The lowest BCUT2D eigenvalue weighted by atomic mass is 10.0. The van der Waals surface area contributed by atoms with Crippen molar-refractivity contribution in [2.24, 2.45) is 5.92 Å². The molecule has 7 nitrogen and oxygen atoms in total. The van der Waals surface area contributed by atoms with Gasteiger partial charge in [-0.15, -0.1) is 0 Å². The highest BCUT2D eigenvalue weighted by Crippen LogP contribution is 2.28. The fourth-order valence-electron chi connectivity index (χ4n) is 3.83. The van der Waals surface area contributed by atoms with E-state index in [1.807, 2.05) is 11.0 Å². The van der Waals surface area contributed by atoms with Gasteiger partial charge in [0.05, 0.1) is 0 Å².